The summed E-state index contributed by atoms with van der Waals surface area (Å²) in [6.45, 7) is 4.00. The zero-order valence-corrected chi connectivity index (χ0v) is 14.5. The molecule has 26 heavy (non-hydrogen) atoms. The lowest BCUT2D eigenvalue weighted by Gasteiger charge is -2.35. The van der Waals surface area contributed by atoms with Crippen molar-refractivity contribution < 1.29 is 9.52 Å². The van der Waals surface area contributed by atoms with Gasteiger partial charge in [0.2, 0.25) is 0 Å². The van der Waals surface area contributed by atoms with Gasteiger partial charge in [0, 0.05) is 44.9 Å². The van der Waals surface area contributed by atoms with E-state index in [2.05, 4.69) is 47.4 Å². The average Bonchev–Trinajstić information content (AvgIpc) is 2.69. The van der Waals surface area contributed by atoms with E-state index in [1.807, 2.05) is 4.90 Å². The molecule has 0 bridgehead atoms. The number of aromatic nitrogens is 1. The third kappa shape index (κ3) is 3.39. The second kappa shape index (κ2) is 7.14. The highest BCUT2D eigenvalue weighted by Gasteiger charge is 2.22. The third-order valence-electron chi connectivity index (χ3n) is 4.98. The number of hydrogen-bond acceptors (Lipinski definition) is 3. The van der Waals surface area contributed by atoms with Crippen LogP contribution in [-0.4, -0.2) is 41.9 Å². The molecular weight excluding hydrogens is 326 g/mol. The molecule has 1 aromatic heterocycles. The molecule has 0 radical (unpaired) electrons. The van der Waals surface area contributed by atoms with E-state index in [4.69, 9.17) is 0 Å². The van der Waals surface area contributed by atoms with Crippen LogP contribution in [-0.2, 0) is 6.54 Å². The Balaban J connectivity index is 1.40. The molecule has 3 aromatic rings. The summed E-state index contributed by atoms with van der Waals surface area (Å²) >= 11 is 0. The van der Waals surface area contributed by atoms with Crippen LogP contribution in [0.2, 0.25) is 0 Å². The first-order chi connectivity index (χ1) is 12.7. The second-order valence-corrected chi connectivity index (χ2v) is 6.65. The first-order valence-corrected chi connectivity index (χ1v) is 8.88. The maximum Gasteiger partial charge on any atom is 0.254 e. The summed E-state index contributed by atoms with van der Waals surface area (Å²) in [4.78, 5) is 16.8. The summed E-state index contributed by atoms with van der Waals surface area (Å²) in [6.07, 6.45) is 2.73. The molecule has 4 rings (SSSR count). The molecule has 5 nitrogen and oxygen atoms in total. The van der Waals surface area contributed by atoms with Crippen LogP contribution in [0.5, 0.6) is 0 Å². The predicted octanol–water partition coefficient (Wildman–Crippen LogP) is 2.43. The molecule has 1 saturated heterocycles. The lowest BCUT2D eigenvalue weighted by Crippen LogP contribution is -2.48. The lowest BCUT2D eigenvalue weighted by molar-refractivity contribution is -0.605. The number of fused-ring (bicyclic) bond motifs is 1. The SMILES string of the molecule is O=C(c1cc[n+]([O-])cc1)N1CCN(Cc2cccc3ccccc23)CC1. The summed E-state index contributed by atoms with van der Waals surface area (Å²) in [6, 6.07) is 18.0. The van der Waals surface area contributed by atoms with E-state index in [-0.39, 0.29) is 5.91 Å². The van der Waals surface area contributed by atoms with E-state index in [9.17, 15) is 10.0 Å². The Morgan fingerprint density at radius 2 is 1.62 bits per heavy atom. The Bertz CT molecular complexity index is 911. The van der Waals surface area contributed by atoms with Crippen molar-refractivity contribution in [1.29, 1.82) is 0 Å². The van der Waals surface area contributed by atoms with Crippen LogP contribution in [0.4, 0.5) is 0 Å². The fourth-order valence-corrected chi connectivity index (χ4v) is 3.52. The highest BCUT2D eigenvalue weighted by Crippen LogP contribution is 2.20. The Morgan fingerprint density at radius 1 is 0.923 bits per heavy atom. The van der Waals surface area contributed by atoms with Gasteiger partial charge in [0.05, 0.1) is 5.56 Å². The first-order valence-electron chi connectivity index (χ1n) is 8.88. The maximum absolute atomic E-state index is 12.5. The fraction of sp³-hybridized carbons (Fsp3) is 0.238. The Labute approximate surface area is 152 Å². The van der Waals surface area contributed by atoms with Crippen molar-refractivity contribution in [2.75, 3.05) is 26.2 Å². The van der Waals surface area contributed by atoms with Gasteiger partial charge in [0.15, 0.2) is 12.4 Å². The summed E-state index contributed by atoms with van der Waals surface area (Å²) in [5.74, 6) is -0.00425. The predicted molar refractivity (Wildman–Crippen MR) is 101 cm³/mol. The summed E-state index contributed by atoms with van der Waals surface area (Å²) in [5, 5.41) is 13.7. The summed E-state index contributed by atoms with van der Waals surface area (Å²) in [7, 11) is 0. The number of piperazine rings is 1. The molecular formula is C21H21N3O2. The van der Waals surface area contributed by atoms with Crippen LogP contribution in [0.1, 0.15) is 15.9 Å². The number of rotatable bonds is 3. The van der Waals surface area contributed by atoms with Gasteiger partial charge in [0.1, 0.15) is 0 Å². The average molecular weight is 347 g/mol. The van der Waals surface area contributed by atoms with Crippen molar-refractivity contribution in [2.24, 2.45) is 0 Å². The molecule has 0 N–H and O–H groups in total. The first kappa shape index (κ1) is 16.5. The number of pyridine rings is 1. The monoisotopic (exact) mass is 347 g/mol. The lowest BCUT2D eigenvalue weighted by atomic mass is 10.0. The molecule has 5 heteroatoms. The zero-order chi connectivity index (χ0) is 17.9. The second-order valence-electron chi connectivity index (χ2n) is 6.65. The van der Waals surface area contributed by atoms with Gasteiger partial charge < -0.3 is 10.1 Å². The van der Waals surface area contributed by atoms with Gasteiger partial charge >= 0.3 is 0 Å². The van der Waals surface area contributed by atoms with Crippen molar-refractivity contribution in [1.82, 2.24) is 9.80 Å². The molecule has 2 heterocycles. The van der Waals surface area contributed by atoms with E-state index in [1.165, 1.54) is 28.7 Å². The smallest absolute Gasteiger partial charge is 0.254 e. The molecule has 0 aliphatic carbocycles. The van der Waals surface area contributed by atoms with Gasteiger partial charge in [-0.2, -0.15) is 4.73 Å². The highest BCUT2D eigenvalue weighted by molar-refractivity contribution is 5.94. The van der Waals surface area contributed by atoms with E-state index in [0.29, 0.717) is 23.4 Å². The van der Waals surface area contributed by atoms with Crippen molar-refractivity contribution in [3.8, 4) is 0 Å². The number of carbonyl (C=O) groups is 1. The molecule has 0 unspecified atom stereocenters. The largest absolute Gasteiger partial charge is 0.619 e. The van der Waals surface area contributed by atoms with Gasteiger partial charge in [-0.05, 0) is 16.3 Å². The normalized spacial score (nSPS) is 15.3. The van der Waals surface area contributed by atoms with Crippen molar-refractivity contribution >= 4 is 16.7 Å². The molecule has 1 fully saturated rings. The molecule has 1 aliphatic rings. The van der Waals surface area contributed by atoms with Gasteiger partial charge in [-0.3, -0.25) is 9.69 Å². The van der Waals surface area contributed by atoms with Crippen LogP contribution in [0.3, 0.4) is 0 Å². The molecule has 0 saturated carbocycles. The van der Waals surface area contributed by atoms with Gasteiger partial charge in [-0.1, -0.05) is 42.5 Å². The van der Waals surface area contributed by atoms with Gasteiger partial charge in [-0.25, -0.2) is 0 Å². The molecule has 0 spiro atoms. The molecule has 0 atom stereocenters. The topological polar surface area (TPSA) is 50.5 Å². The number of hydrogen-bond donors (Lipinski definition) is 0. The zero-order valence-electron chi connectivity index (χ0n) is 14.5. The van der Waals surface area contributed by atoms with Crippen LogP contribution in [0, 0.1) is 5.21 Å². The molecule has 1 amide bonds. The number of benzene rings is 2. The van der Waals surface area contributed by atoms with Crippen molar-refractivity contribution in [3.05, 3.63) is 83.3 Å². The molecule has 2 aromatic carbocycles. The Hall–Kier alpha value is -2.92. The van der Waals surface area contributed by atoms with E-state index >= 15 is 0 Å². The minimum atomic E-state index is -0.00425. The van der Waals surface area contributed by atoms with E-state index in [1.54, 1.807) is 12.1 Å². The number of carbonyl (C=O) groups excluding carboxylic acids is 1. The highest BCUT2D eigenvalue weighted by atomic mass is 16.5. The minimum Gasteiger partial charge on any atom is -0.619 e. The minimum absolute atomic E-state index is 0.00425. The maximum atomic E-state index is 12.5. The van der Waals surface area contributed by atoms with Crippen LogP contribution in [0.15, 0.2) is 67.0 Å². The van der Waals surface area contributed by atoms with Crippen LogP contribution < -0.4 is 4.73 Å². The quantitative estimate of drug-likeness (QED) is 0.540. The van der Waals surface area contributed by atoms with Crippen LogP contribution >= 0.6 is 0 Å². The standard InChI is InChI=1S/C21H21N3O2/c25-21(18-8-10-24(26)11-9-18)23-14-12-22(13-15-23)16-19-6-3-5-17-4-1-2-7-20(17)19/h1-11H,12-16H2. The molecule has 132 valence electrons. The third-order valence-corrected chi connectivity index (χ3v) is 4.98. The summed E-state index contributed by atoms with van der Waals surface area (Å²) in [5.41, 5.74) is 1.89. The Morgan fingerprint density at radius 3 is 2.38 bits per heavy atom. The van der Waals surface area contributed by atoms with Crippen molar-refractivity contribution in [3.63, 3.8) is 0 Å². The van der Waals surface area contributed by atoms with Gasteiger partial charge in [0.25, 0.3) is 5.91 Å². The number of amides is 1. The number of nitrogens with zero attached hydrogens (tertiary/aromatic N) is 3. The van der Waals surface area contributed by atoms with E-state index in [0.717, 1.165) is 19.6 Å². The Kier molecular flexibility index (Phi) is 4.54. The van der Waals surface area contributed by atoms with Crippen LogP contribution in [0.25, 0.3) is 10.8 Å². The van der Waals surface area contributed by atoms with Gasteiger partial charge in [-0.15, -0.1) is 0 Å². The van der Waals surface area contributed by atoms with E-state index < -0.39 is 0 Å². The summed E-state index contributed by atoms with van der Waals surface area (Å²) < 4.78 is 0.693. The molecule has 1 aliphatic heterocycles. The fourth-order valence-electron chi connectivity index (χ4n) is 3.52. The van der Waals surface area contributed by atoms with Crippen molar-refractivity contribution in [2.45, 2.75) is 6.54 Å².